The first-order chi connectivity index (χ1) is 9.45. The fraction of sp³-hybridized carbons (Fsp3) is 0.400. The first-order valence-corrected chi connectivity index (χ1v) is 6.58. The Kier molecular flexibility index (Phi) is 5.90. The van der Waals surface area contributed by atoms with Gasteiger partial charge in [-0.25, -0.2) is 4.79 Å². The highest BCUT2D eigenvalue weighted by molar-refractivity contribution is 5.91. The zero-order chi connectivity index (χ0) is 15.1. The highest BCUT2D eigenvalue weighted by Gasteiger charge is 2.15. The van der Waals surface area contributed by atoms with Crippen molar-refractivity contribution in [2.45, 2.75) is 39.2 Å². The van der Waals surface area contributed by atoms with Crippen molar-refractivity contribution < 1.29 is 24.9 Å². The SMILES string of the molecule is CCCCC=CC(C)OC(=O)c1cc(O)c(O)c(O)c1. The Morgan fingerprint density at radius 1 is 1.30 bits per heavy atom. The number of allylic oxidation sites excluding steroid dienone is 1. The van der Waals surface area contributed by atoms with E-state index in [1.54, 1.807) is 13.0 Å². The van der Waals surface area contributed by atoms with Gasteiger partial charge in [-0.3, -0.25) is 0 Å². The molecule has 0 heterocycles. The van der Waals surface area contributed by atoms with Gasteiger partial charge < -0.3 is 20.1 Å². The average Bonchev–Trinajstić information content (AvgIpc) is 2.40. The summed E-state index contributed by atoms with van der Waals surface area (Å²) in [4.78, 5) is 11.8. The van der Waals surface area contributed by atoms with E-state index in [1.165, 1.54) is 0 Å². The number of carbonyl (C=O) groups is 1. The number of hydrogen-bond acceptors (Lipinski definition) is 5. The van der Waals surface area contributed by atoms with Crippen LogP contribution in [0.15, 0.2) is 24.3 Å². The predicted molar refractivity (Wildman–Crippen MR) is 75.0 cm³/mol. The van der Waals surface area contributed by atoms with Gasteiger partial charge in [0.1, 0.15) is 6.10 Å². The molecule has 0 spiro atoms. The summed E-state index contributed by atoms with van der Waals surface area (Å²) in [5.41, 5.74) is -0.0217. The lowest BCUT2D eigenvalue weighted by atomic mass is 10.2. The summed E-state index contributed by atoms with van der Waals surface area (Å²) in [5, 5.41) is 27.9. The first kappa shape index (κ1) is 15.9. The molecule has 0 amide bonds. The smallest absolute Gasteiger partial charge is 0.338 e. The quantitative estimate of drug-likeness (QED) is 0.322. The maximum atomic E-state index is 11.8. The van der Waals surface area contributed by atoms with E-state index >= 15 is 0 Å². The lowest BCUT2D eigenvalue weighted by Gasteiger charge is -2.10. The molecule has 0 radical (unpaired) electrons. The highest BCUT2D eigenvalue weighted by atomic mass is 16.5. The number of carbonyl (C=O) groups excluding carboxylic acids is 1. The molecule has 0 saturated heterocycles. The van der Waals surface area contributed by atoms with Gasteiger partial charge in [-0.1, -0.05) is 25.8 Å². The van der Waals surface area contributed by atoms with E-state index in [4.69, 9.17) is 4.74 Å². The molecule has 5 heteroatoms. The van der Waals surface area contributed by atoms with Crippen LogP contribution in [0.1, 0.15) is 43.5 Å². The molecule has 0 aliphatic rings. The monoisotopic (exact) mass is 280 g/mol. The molecule has 1 rings (SSSR count). The van der Waals surface area contributed by atoms with Gasteiger partial charge in [0.15, 0.2) is 17.2 Å². The van der Waals surface area contributed by atoms with Crippen molar-refractivity contribution in [1.82, 2.24) is 0 Å². The molecule has 3 N–H and O–H groups in total. The minimum absolute atomic E-state index is 0.0217. The molecule has 110 valence electrons. The van der Waals surface area contributed by atoms with Gasteiger partial charge in [-0.15, -0.1) is 0 Å². The second kappa shape index (κ2) is 7.43. The highest BCUT2D eigenvalue weighted by Crippen LogP contribution is 2.35. The Bertz CT molecular complexity index is 470. The molecule has 0 aliphatic carbocycles. The predicted octanol–water partition coefficient (Wildman–Crippen LogP) is 3.10. The number of rotatable bonds is 6. The van der Waals surface area contributed by atoms with Crippen molar-refractivity contribution in [2.75, 3.05) is 0 Å². The molecule has 0 aromatic heterocycles. The molecule has 5 nitrogen and oxygen atoms in total. The molecule has 0 aliphatic heterocycles. The fourth-order valence-corrected chi connectivity index (χ4v) is 1.61. The molecular formula is C15H20O5. The topological polar surface area (TPSA) is 87.0 Å². The standard InChI is InChI=1S/C15H20O5/c1-3-4-5-6-7-10(2)20-15(19)11-8-12(16)14(18)13(17)9-11/h6-10,16-18H,3-5H2,1-2H3. The molecule has 1 unspecified atom stereocenters. The largest absolute Gasteiger partial charge is 0.504 e. The Morgan fingerprint density at radius 2 is 1.90 bits per heavy atom. The molecule has 20 heavy (non-hydrogen) atoms. The second-order valence-electron chi connectivity index (χ2n) is 4.54. The maximum Gasteiger partial charge on any atom is 0.338 e. The van der Waals surface area contributed by atoms with E-state index in [1.807, 2.05) is 6.08 Å². The van der Waals surface area contributed by atoms with Crippen LogP contribution in [0.3, 0.4) is 0 Å². The maximum absolute atomic E-state index is 11.8. The lowest BCUT2D eigenvalue weighted by molar-refractivity contribution is 0.0423. The number of phenolic OH excluding ortho intramolecular Hbond substituents is 3. The summed E-state index contributed by atoms with van der Waals surface area (Å²) in [6.07, 6.45) is 6.44. The zero-order valence-electron chi connectivity index (χ0n) is 11.7. The summed E-state index contributed by atoms with van der Waals surface area (Å²) in [5.74, 6) is -2.47. The van der Waals surface area contributed by atoms with Crippen LogP contribution in [0.2, 0.25) is 0 Å². The average molecular weight is 280 g/mol. The minimum atomic E-state index is -0.678. The van der Waals surface area contributed by atoms with Crippen molar-refractivity contribution in [3.05, 3.63) is 29.8 Å². The third-order valence-electron chi connectivity index (χ3n) is 2.73. The van der Waals surface area contributed by atoms with Gasteiger partial charge in [0.05, 0.1) is 5.56 Å². The van der Waals surface area contributed by atoms with Gasteiger partial charge in [-0.05, 0) is 31.6 Å². The summed E-state index contributed by atoms with van der Waals surface area (Å²) in [6.45, 7) is 3.82. The van der Waals surface area contributed by atoms with Crippen LogP contribution in [0.4, 0.5) is 0 Å². The number of esters is 1. The van der Waals surface area contributed by atoms with Crippen LogP contribution in [-0.2, 0) is 4.74 Å². The van der Waals surface area contributed by atoms with E-state index in [0.29, 0.717) is 0 Å². The van der Waals surface area contributed by atoms with Crippen molar-refractivity contribution in [3.8, 4) is 17.2 Å². The summed E-state index contributed by atoms with van der Waals surface area (Å²) in [6, 6.07) is 2.09. The molecule has 1 atom stereocenters. The number of phenols is 3. The number of aromatic hydroxyl groups is 3. The third-order valence-corrected chi connectivity index (χ3v) is 2.73. The van der Waals surface area contributed by atoms with Crippen molar-refractivity contribution in [2.24, 2.45) is 0 Å². The molecule has 0 saturated carbocycles. The van der Waals surface area contributed by atoms with E-state index in [9.17, 15) is 20.1 Å². The van der Waals surface area contributed by atoms with Crippen LogP contribution < -0.4 is 0 Å². The Balaban J connectivity index is 2.65. The Hall–Kier alpha value is -2.17. The molecule has 0 fully saturated rings. The second-order valence-corrected chi connectivity index (χ2v) is 4.54. The number of unbranched alkanes of at least 4 members (excludes halogenated alkanes) is 2. The van der Waals surface area contributed by atoms with Crippen LogP contribution in [0.5, 0.6) is 17.2 Å². The van der Waals surface area contributed by atoms with Crippen molar-refractivity contribution in [1.29, 1.82) is 0 Å². The third kappa shape index (κ3) is 4.50. The summed E-state index contributed by atoms with van der Waals surface area (Å²) >= 11 is 0. The first-order valence-electron chi connectivity index (χ1n) is 6.58. The van der Waals surface area contributed by atoms with E-state index in [0.717, 1.165) is 31.4 Å². The number of hydrogen-bond donors (Lipinski definition) is 3. The van der Waals surface area contributed by atoms with Crippen molar-refractivity contribution >= 4 is 5.97 Å². The molecule has 0 bridgehead atoms. The Morgan fingerprint density at radius 3 is 2.45 bits per heavy atom. The normalized spacial score (nSPS) is 12.5. The van der Waals surface area contributed by atoms with Gasteiger partial charge in [-0.2, -0.15) is 0 Å². The van der Waals surface area contributed by atoms with Crippen molar-refractivity contribution in [3.63, 3.8) is 0 Å². The summed E-state index contributed by atoms with van der Waals surface area (Å²) < 4.78 is 5.14. The van der Waals surface area contributed by atoms with Crippen LogP contribution >= 0.6 is 0 Å². The number of benzene rings is 1. The van der Waals surface area contributed by atoms with Gasteiger partial charge in [0, 0.05) is 0 Å². The van der Waals surface area contributed by atoms with E-state index in [2.05, 4.69) is 6.92 Å². The Labute approximate surface area is 118 Å². The van der Waals surface area contributed by atoms with E-state index in [-0.39, 0.29) is 5.56 Å². The molecular weight excluding hydrogens is 260 g/mol. The van der Waals surface area contributed by atoms with Crippen LogP contribution in [-0.4, -0.2) is 27.4 Å². The van der Waals surface area contributed by atoms with Gasteiger partial charge in [0.25, 0.3) is 0 Å². The number of ether oxygens (including phenoxy) is 1. The van der Waals surface area contributed by atoms with Crippen LogP contribution in [0.25, 0.3) is 0 Å². The van der Waals surface area contributed by atoms with Gasteiger partial charge >= 0.3 is 5.97 Å². The lowest BCUT2D eigenvalue weighted by Crippen LogP contribution is -2.12. The zero-order valence-corrected chi connectivity index (χ0v) is 11.7. The molecule has 1 aromatic carbocycles. The molecule has 1 aromatic rings. The van der Waals surface area contributed by atoms with Crippen LogP contribution in [0, 0.1) is 0 Å². The fourth-order valence-electron chi connectivity index (χ4n) is 1.61. The van der Waals surface area contributed by atoms with Gasteiger partial charge in [0.2, 0.25) is 0 Å². The summed E-state index contributed by atoms with van der Waals surface area (Å²) in [7, 11) is 0. The van der Waals surface area contributed by atoms with E-state index < -0.39 is 29.3 Å². The minimum Gasteiger partial charge on any atom is -0.504 e.